The summed E-state index contributed by atoms with van der Waals surface area (Å²) >= 11 is 0. The maximum Gasteiger partial charge on any atom is 0.254 e. The van der Waals surface area contributed by atoms with Crippen LogP contribution in [0.2, 0.25) is 0 Å². The van der Waals surface area contributed by atoms with Crippen molar-refractivity contribution in [3.8, 4) is 11.5 Å². The number of piperidine rings is 1. The molecule has 10 heteroatoms. The minimum atomic E-state index is -1.10. The van der Waals surface area contributed by atoms with Gasteiger partial charge >= 0.3 is 0 Å². The van der Waals surface area contributed by atoms with Crippen molar-refractivity contribution in [2.24, 2.45) is 0 Å². The number of ketones is 1. The molecule has 1 amide bonds. The molecular formula is C30H26F4N2O4. The number of hydrogen-bond donors (Lipinski definition) is 1. The molecule has 0 atom stereocenters. The third-order valence-electron chi connectivity index (χ3n) is 6.16. The van der Waals surface area contributed by atoms with Crippen LogP contribution in [0.25, 0.3) is 12.2 Å². The van der Waals surface area contributed by atoms with Gasteiger partial charge in [-0.2, -0.15) is 0 Å². The van der Waals surface area contributed by atoms with Gasteiger partial charge in [-0.15, -0.1) is 0 Å². The summed E-state index contributed by atoms with van der Waals surface area (Å²) in [5.41, 5.74) is 0.766. The predicted molar refractivity (Wildman–Crippen MR) is 142 cm³/mol. The highest BCUT2D eigenvalue weighted by molar-refractivity contribution is 6.16. The van der Waals surface area contributed by atoms with Crippen LogP contribution in [-0.4, -0.2) is 66.9 Å². The average Bonchev–Trinajstić information content (AvgIpc) is 2.91. The number of halogens is 4. The molecule has 6 nitrogen and oxygen atoms in total. The lowest BCUT2D eigenvalue weighted by molar-refractivity contribution is -0.113. The molecule has 0 saturated carbocycles. The zero-order valence-electron chi connectivity index (χ0n) is 21.8. The highest BCUT2D eigenvalue weighted by atomic mass is 19.2. The molecule has 0 aliphatic carbocycles. The van der Waals surface area contributed by atoms with Crippen LogP contribution < -0.4 is 4.74 Å². The molecule has 40 heavy (non-hydrogen) atoms. The Morgan fingerprint density at radius 3 is 1.93 bits per heavy atom. The predicted octanol–water partition coefficient (Wildman–Crippen LogP) is 5.08. The zero-order chi connectivity index (χ0) is 29.0. The van der Waals surface area contributed by atoms with Crippen LogP contribution in [0.1, 0.15) is 21.5 Å². The average molecular weight is 555 g/mol. The largest absolute Gasteiger partial charge is 0.504 e. The third kappa shape index (κ3) is 6.76. The van der Waals surface area contributed by atoms with E-state index >= 15 is 0 Å². The molecule has 4 rings (SSSR count). The van der Waals surface area contributed by atoms with E-state index in [9.17, 15) is 32.3 Å². The summed E-state index contributed by atoms with van der Waals surface area (Å²) in [4.78, 5) is 30.1. The van der Waals surface area contributed by atoms with Crippen molar-refractivity contribution >= 4 is 23.8 Å². The molecule has 3 aromatic carbocycles. The van der Waals surface area contributed by atoms with Gasteiger partial charge in [0.2, 0.25) is 0 Å². The van der Waals surface area contributed by atoms with Gasteiger partial charge in [0, 0.05) is 23.3 Å². The summed E-state index contributed by atoms with van der Waals surface area (Å²) in [6, 6.07) is 10.4. The molecule has 0 spiro atoms. The Bertz CT molecular complexity index is 1440. The van der Waals surface area contributed by atoms with Crippen molar-refractivity contribution in [1.29, 1.82) is 0 Å². The summed E-state index contributed by atoms with van der Waals surface area (Å²) in [7, 11) is 3.72. The number of aromatic hydroxyl groups is 1. The molecule has 1 saturated heterocycles. The van der Waals surface area contributed by atoms with Crippen molar-refractivity contribution < 1.29 is 37.0 Å². The van der Waals surface area contributed by atoms with Gasteiger partial charge in [-0.05, 0) is 79.8 Å². The third-order valence-corrected chi connectivity index (χ3v) is 6.16. The first-order chi connectivity index (χ1) is 19.0. The molecule has 1 aliphatic rings. The second kappa shape index (κ2) is 12.2. The summed E-state index contributed by atoms with van der Waals surface area (Å²) in [6.45, 7) is 0.508. The second-order valence-electron chi connectivity index (χ2n) is 9.51. The normalized spacial score (nSPS) is 15.8. The van der Waals surface area contributed by atoms with Crippen LogP contribution in [0, 0.1) is 23.3 Å². The molecule has 0 aromatic heterocycles. The number of likely N-dealkylation sites (tertiary alicyclic amines) is 1. The molecule has 0 radical (unpaired) electrons. The van der Waals surface area contributed by atoms with Crippen LogP contribution in [0.3, 0.4) is 0 Å². The fourth-order valence-electron chi connectivity index (χ4n) is 4.07. The van der Waals surface area contributed by atoms with Crippen LogP contribution in [0.4, 0.5) is 17.6 Å². The minimum Gasteiger partial charge on any atom is -0.504 e. The minimum absolute atomic E-state index is 0.0978. The number of ether oxygens (including phenoxy) is 1. The number of phenols is 1. The number of Topliss-reactive ketones (excluding diaryl/α,β-unsaturated/α-hetero) is 1. The van der Waals surface area contributed by atoms with Gasteiger partial charge in [0.15, 0.2) is 40.6 Å². The Labute approximate surface area is 228 Å². The molecule has 0 bridgehead atoms. The highest BCUT2D eigenvalue weighted by Crippen LogP contribution is 2.29. The van der Waals surface area contributed by atoms with E-state index in [1.165, 1.54) is 47.4 Å². The first-order valence-electron chi connectivity index (χ1n) is 12.3. The van der Waals surface area contributed by atoms with E-state index in [4.69, 9.17) is 4.74 Å². The summed E-state index contributed by atoms with van der Waals surface area (Å²) in [5, 5.41) is 10.2. The highest BCUT2D eigenvalue weighted by Gasteiger charge is 2.30. The number of carbonyl (C=O) groups is 2. The SMILES string of the molecule is CN(C)CCOc1cc(C(=O)N2CC(=Cc3ccc(F)c(F)c3)C(=O)C(=Cc3ccc(F)c(F)c3)C2)ccc1O. The van der Waals surface area contributed by atoms with Crippen LogP contribution >= 0.6 is 0 Å². The van der Waals surface area contributed by atoms with Crippen LogP contribution in [-0.2, 0) is 4.79 Å². The Morgan fingerprint density at radius 2 is 1.43 bits per heavy atom. The number of phenolic OH excluding ortho intramolecular Hbond substituents is 1. The summed E-state index contributed by atoms with van der Waals surface area (Å²) in [6.07, 6.45) is 2.69. The zero-order valence-corrected chi connectivity index (χ0v) is 21.8. The van der Waals surface area contributed by atoms with E-state index in [0.717, 1.165) is 24.3 Å². The van der Waals surface area contributed by atoms with Crippen molar-refractivity contribution in [3.63, 3.8) is 0 Å². The number of carbonyl (C=O) groups excluding carboxylic acids is 2. The van der Waals surface area contributed by atoms with E-state index in [2.05, 4.69) is 0 Å². The van der Waals surface area contributed by atoms with Crippen molar-refractivity contribution in [1.82, 2.24) is 9.80 Å². The standard InChI is InChI=1S/C30H26F4N2O4/c1-35(2)9-10-40-28-15-20(5-8-27(28)37)30(39)36-16-21(11-18-3-6-23(31)25(33)13-18)29(38)22(17-36)12-19-4-7-24(32)26(34)14-19/h3-8,11-15,37H,9-10,16-17H2,1-2H3. The van der Waals surface area contributed by atoms with Gasteiger partial charge in [-0.1, -0.05) is 12.1 Å². The number of likely N-dealkylation sites (N-methyl/N-ethyl adjacent to an activating group) is 1. The molecule has 1 fully saturated rings. The monoisotopic (exact) mass is 554 g/mol. The Kier molecular flexibility index (Phi) is 8.69. The summed E-state index contributed by atoms with van der Waals surface area (Å²) < 4.78 is 60.2. The van der Waals surface area contributed by atoms with Crippen LogP contribution in [0.5, 0.6) is 11.5 Å². The van der Waals surface area contributed by atoms with E-state index < -0.39 is 35.0 Å². The fourth-order valence-corrected chi connectivity index (χ4v) is 4.07. The van der Waals surface area contributed by atoms with E-state index in [-0.39, 0.29) is 59.0 Å². The summed E-state index contributed by atoms with van der Waals surface area (Å²) in [5.74, 6) is -5.34. The Morgan fingerprint density at radius 1 is 0.875 bits per heavy atom. The lowest BCUT2D eigenvalue weighted by Crippen LogP contribution is -2.41. The maximum absolute atomic E-state index is 13.8. The first-order valence-corrected chi connectivity index (χ1v) is 12.3. The van der Waals surface area contributed by atoms with Crippen molar-refractivity contribution in [2.45, 2.75) is 0 Å². The molecule has 1 aliphatic heterocycles. The smallest absolute Gasteiger partial charge is 0.254 e. The molecule has 3 aromatic rings. The number of benzene rings is 3. The van der Waals surface area contributed by atoms with E-state index in [1.807, 2.05) is 19.0 Å². The van der Waals surface area contributed by atoms with Gasteiger partial charge in [0.25, 0.3) is 5.91 Å². The van der Waals surface area contributed by atoms with Gasteiger partial charge in [0.1, 0.15) is 6.61 Å². The number of nitrogens with zero attached hydrogens (tertiary/aromatic N) is 2. The molecule has 0 unspecified atom stereocenters. The lowest BCUT2D eigenvalue weighted by Gasteiger charge is -2.30. The van der Waals surface area contributed by atoms with Crippen LogP contribution in [0.15, 0.2) is 65.7 Å². The van der Waals surface area contributed by atoms with Gasteiger partial charge in [0.05, 0.1) is 13.1 Å². The van der Waals surface area contributed by atoms with Crippen molar-refractivity contribution in [3.05, 3.63) is 106 Å². The quantitative estimate of drug-likeness (QED) is 0.326. The number of hydrogen-bond acceptors (Lipinski definition) is 5. The number of rotatable bonds is 7. The number of amides is 1. The maximum atomic E-state index is 13.8. The molecular weight excluding hydrogens is 528 g/mol. The topological polar surface area (TPSA) is 70.1 Å². The van der Waals surface area contributed by atoms with Crippen molar-refractivity contribution in [2.75, 3.05) is 40.3 Å². The molecule has 1 N–H and O–H groups in total. The van der Waals surface area contributed by atoms with E-state index in [1.54, 1.807) is 0 Å². The molecule has 1 heterocycles. The van der Waals surface area contributed by atoms with Gasteiger partial charge in [-0.3, -0.25) is 9.59 Å². The fraction of sp³-hybridized carbons (Fsp3) is 0.200. The van der Waals surface area contributed by atoms with Gasteiger partial charge in [-0.25, -0.2) is 17.6 Å². The Balaban J connectivity index is 1.70. The second-order valence-corrected chi connectivity index (χ2v) is 9.51. The Hall–Kier alpha value is -4.44. The van der Waals surface area contributed by atoms with E-state index in [0.29, 0.717) is 6.54 Å². The lowest BCUT2D eigenvalue weighted by atomic mass is 9.93. The first kappa shape index (κ1) is 28.6. The molecule has 208 valence electrons. The van der Waals surface area contributed by atoms with Gasteiger partial charge < -0.3 is 19.6 Å².